The summed E-state index contributed by atoms with van der Waals surface area (Å²) in [6.45, 7) is 1.44. The molecule has 0 bridgehead atoms. The van der Waals surface area contributed by atoms with E-state index in [4.69, 9.17) is 5.11 Å². The average molecular weight is 144 g/mol. The Kier molecular flexibility index (Phi) is 2.27. The van der Waals surface area contributed by atoms with Crippen molar-refractivity contribution >= 4 is 5.97 Å². The van der Waals surface area contributed by atoms with Gasteiger partial charge in [0.25, 0.3) is 0 Å². The van der Waals surface area contributed by atoms with E-state index >= 15 is 0 Å². The maximum Gasteiger partial charge on any atom is 0.311 e. The second-order valence-electron chi connectivity index (χ2n) is 2.66. The van der Waals surface area contributed by atoms with Crippen LogP contribution in [-0.4, -0.2) is 17.4 Å². The van der Waals surface area contributed by atoms with Crippen LogP contribution in [0.5, 0.6) is 0 Å². The van der Waals surface area contributed by atoms with Crippen molar-refractivity contribution in [1.82, 2.24) is 0 Å². The molecule has 0 heterocycles. The van der Waals surface area contributed by atoms with Gasteiger partial charge >= 0.3 is 5.97 Å². The highest BCUT2D eigenvalue weighted by Gasteiger charge is 2.27. The topological polar surface area (TPSA) is 46.5 Å². The number of carbonyl (C=O) groups is 1. The molecule has 1 rings (SSSR count). The average Bonchev–Trinajstić information content (AvgIpc) is 1.55. The van der Waals surface area contributed by atoms with Gasteiger partial charge in [-0.2, -0.15) is 0 Å². The van der Waals surface area contributed by atoms with Crippen LogP contribution in [-0.2, 0) is 9.53 Å². The van der Waals surface area contributed by atoms with E-state index in [-0.39, 0.29) is 11.9 Å². The predicted octanol–water partition coefficient (Wildman–Crippen LogP) is 0.668. The van der Waals surface area contributed by atoms with E-state index in [1.165, 1.54) is 6.92 Å². The van der Waals surface area contributed by atoms with Crippen LogP contribution in [0.15, 0.2) is 0 Å². The van der Waals surface area contributed by atoms with E-state index in [0.717, 1.165) is 19.3 Å². The smallest absolute Gasteiger partial charge is 0.311 e. The number of carbonyl (C=O) groups excluding carboxylic acids is 1. The zero-order valence-corrected chi connectivity index (χ0v) is 6.04. The summed E-state index contributed by atoms with van der Waals surface area (Å²) in [5.74, 6) is -0.184. The Hall–Kier alpha value is -0.570. The van der Waals surface area contributed by atoms with E-state index in [1.54, 1.807) is 0 Å². The van der Waals surface area contributed by atoms with Crippen molar-refractivity contribution in [2.45, 2.75) is 32.5 Å². The molecule has 1 unspecified atom stereocenters. The zero-order chi connectivity index (χ0) is 7.56. The highest BCUT2D eigenvalue weighted by Crippen LogP contribution is 2.27. The van der Waals surface area contributed by atoms with E-state index in [1.807, 2.05) is 0 Å². The summed E-state index contributed by atoms with van der Waals surface area (Å²) in [4.78, 5) is 10.9. The number of aliphatic hydroxyl groups excluding tert-OH is 1. The third-order valence-electron chi connectivity index (χ3n) is 1.73. The van der Waals surface area contributed by atoms with Crippen molar-refractivity contribution < 1.29 is 14.6 Å². The molecule has 0 amide bonds. The zero-order valence-electron chi connectivity index (χ0n) is 6.04. The molecule has 0 aromatic heterocycles. The van der Waals surface area contributed by atoms with E-state index in [9.17, 15) is 4.79 Å². The Bertz CT molecular complexity index is 127. The third-order valence-corrected chi connectivity index (χ3v) is 1.73. The molecule has 58 valence electrons. The lowest BCUT2D eigenvalue weighted by Gasteiger charge is -2.23. The SMILES string of the molecule is CC(O)OC(=O)C1CCC1. The van der Waals surface area contributed by atoms with Gasteiger partial charge in [0, 0.05) is 0 Å². The lowest BCUT2D eigenvalue weighted by Crippen LogP contribution is -2.27. The number of aliphatic hydroxyl groups is 1. The number of hydrogen-bond acceptors (Lipinski definition) is 3. The molecule has 0 radical (unpaired) electrons. The molecular formula is C7H12O3. The van der Waals surface area contributed by atoms with Gasteiger partial charge in [0.15, 0.2) is 6.29 Å². The second kappa shape index (κ2) is 3.01. The minimum atomic E-state index is -0.951. The number of rotatable bonds is 2. The summed E-state index contributed by atoms with van der Waals surface area (Å²) in [7, 11) is 0. The Balaban J connectivity index is 2.20. The first-order chi connectivity index (χ1) is 4.70. The molecule has 1 atom stereocenters. The lowest BCUT2D eigenvalue weighted by molar-refractivity contribution is -0.172. The second-order valence-corrected chi connectivity index (χ2v) is 2.66. The first kappa shape index (κ1) is 7.54. The van der Waals surface area contributed by atoms with Crippen LogP contribution in [0.1, 0.15) is 26.2 Å². The van der Waals surface area contributed by atoms with E-state index < -0.39 is 6.29 Å². The van der Waals surface area contributed by atoms with E-state index in [2.05, 4.69) is 4.74 Å². The van der Waals surface area contributed by atoms with Crippen molar-refractivity contribution in [3.05, 3.63) is 0 Å². The lowest BCUT2D eigenvalue weighted by atomic mass is 9.86. The molecule has 0 aromatic rings. The number of hydrogen-bond donors (Lipinski definition) is 1. The molecule has 10 heavy (non-hydrogen) atoms. The van der Waals surface area contributed by atoms with Gasteiger partial charge in [-0.3, -0.25) is 4.79 Å². The van der Waals surface area contributed by atoms with Crippen molar-refractivity contribution in [3.8, 4) is 0 Å². The fraction of sp³-hybridized carbons (Fsp3) is 0.857. The molecule has 1 saturated carbocycles. The van der Waals surface area contributed by atoms with Crippen molar-refractivity contribution in [1.29, 1.82) is 0 Å². The molecule has 3 nitrogen and oxygen atoms in total. The summed E-state index contributed by atoms with van der Waals surface area (Å²) >= 11 is 0. The highest BCUT2D eigenvalue weighted by molar-refractivity contribution is 5.73. The van der Waals surface area contributed by atoms with Gasteiger partial charge in [0.1, 0.15) is 0 Å². The Morgan fingerprint density at radius 3 is 2.60 bits per heavy atom. The molecule has 1 aliphatic rings. The van der Waals surface area contributed by atoms with Gasteiger partial charge in [0.2, 0.25) is 0 Å². The Morgan fingerprint density at radius 1 is 1.70 bits per heavy atom. The summed E-state index contributed by atoms with van der Waals surface area (Å²) in [6.07, 6.45) is 2.00. The van der Waals surface area contributed by atoms with Gasteiger partial charge in [-0.15, -0.1) is 0 Å². The number of ether oxygens (including phenoxy) is 1. The molecule has 3 heteroatoms. The highest BCUT2D eigenvalue weighted by atomic mass is 16.6. The first-order valence-electron chi connectivity index (χ1n) is 3.58. The fourth-order valence-electron chi connectivity index (χ4n) is 0.908. The molecule has 0 aliphatic heterocycles. The van der Waals surface area contributed by atoms with Gasteiger partial charge in [-0.1, -0.05) is 6.42 Å². The Labute approximate surface area is 60.0 Å². The van der Waals surface area contributed by atoms with E-state index in [0.29, 0.717) is 0 Å². The molecular weight excluding hydrogens is 132 g/mol. The van der Waals surface area contributed by atoms with Crippen LogP contribution < -0.4 is 0 Å². The summed E-state index contributed by atoms with van der Waals surface area (Å²) in [5.41, 5.74) is 0. The Morgan fingerprint density at radius 2 is 2.30 bits per heavy atom. The largest absolute Gasteiger partial charge is 0.436 e. The summed E-state index contributed by atoms with van der Waals surface area (Å²) < 4.78 is 4.57. The maximum absolute atomic E-state index is 10.9. The third kappa shape index (κ3) is 1.70. The number of esters is 1. The maximum atomic E-state index is 10.9. The standard InChI is InChI=1S/C7H12O3/c1-5(8)10-7(9)6-3-2-4-6/h5-6,8H,2-4H2,1H3. The van der Waals surface area contributed by atoms with Crippen LogP contribution in [0.3, 0.4) is 0 Å². The van der Waals surface area contributed by atoms with Crippen molar-refractivity contribution in [2.24, 2.45) is 5.92 Å². The molecule has 1 fully saturated rings. The summed E-state index contributed by atoms with van der Waals surface area (Å²) in [5, 5.41) is 8.65. The summed E-state index contributed by atoms with van der Waals surface area (Å²) in [6, 6.07) is 0. The van der Waals surface area contributed by atoms with Gasteiger partial charge in [-0.25, -0.2) is 0 Å². The minimum absolute atomic E-state index is 0.0644. The monoisotopic (exact) mass is 144 g/mol. The van der Waals surface area contributed by atoms with Crippen LogP contribution >= 0.6 is 0 Å². The van der Waals surface area contributed by atoms with Crippen LogP contribution in [0.25, 0.3) is 0 Å². The van der Waals surface area contributed by atoms with Crippen molar-refractivity contribution in [3.63, 3.8) is 0 Å². The minimum Gasteiger partial charge on any atom is -0.436 e. The predicted molar refractivity (Wildman–Crippen MR) is 35.1 cm³/mol. The molecule has 0 aromatic carbocycles. The quantitative estimate of drug-likeness (QED) is 0.457. The first-order valence-corrected chi connectivity index (χ1v) is 3.58. The van der Waals surface area contributed by atoms with Gasteiger partial charge in [0.05, 0.1) is 5.92 Å². The normalized spacial score (nSPS) is 21.4. The van der Waals surface area contributed by atoms with Gasteiger partial charge < -0.3 is 9.84 Å². The van der Waals surface area contributed by atoms with Crippen molar-refractivity contribution in [2.75, 3.05) is 0 Å². The van der Waals surface area contributed by atoms with Crippen LogP contribution in [0.2, 0.25) is 0 Å². The molecule has 1 N–H and O–H groups in total. The van der Waals surface area contributed by atoms with Crippen LogP contribution in [0.4, 0.5) is 0 Å². The molecule has 0 saturated heterocycles. The van der Waals surface area contributed by atoms with Gasteiger partial charge in [-0.05, 0) is 19.8 Å². The molecule has 1 aliphatic carbocycles. The fourth-order valence-corrected chi connectivity index (χ4v) is 0.908. The molecule has 0 spiro atoms. The van der Waals surface area contributed by atoms with Crippen LogP contribution in [0, 0.1) is 5.92 Å².